The molecule has 2 N–H and O–H groups in total. The number of guanidine groups is 1. The van der Waals surface area contributed by atoms with Crippen LogP contribution in [-0.2, 0) is 16.0 Å². The Morgan fingerprint density at radius 2 is 1.78 bits per heavy atom. The summed E-state index contributed by atoms with van der Waals surface area (Å²) < 4.78 is 5.39. The van der Waals surface area contributed by atoms with Gasteiger partial charge < -0.3 is 25.2 Å². The van der Waals surface area contributed by atoms with Crippen LogP contribution in [0.25, 0.3) is 0 Å². The lowest BCUT2D eigenvalue weighted by Gasteiger charge is -2.26. The van der Waals surface area contributed by atoms with Crippen LogP contribution in [0.1, 0.15) is 22.3 Å². The van der Waals surface area contributed by atoms with Crippen molar-refractivity contribution < 1.29 is 14.3 Å². The highest BCUT2D eigenvalue weighted by Crippen LogP contribution is 2.07. The van der Waals surface area contributed by atoms with E-state index in [-0.39, 0.29) is 18.4 Å². The van der Waals surface area contributed by atoms with Crippen molar-refractivity contribution in [2.75, 3.05) is 80.7 Å². The molecule has 1 aromatic carbocycles. The van der Waals surface area contributed by atoms with Gasteiger partial charge in [0.25, 0.3) is 5.91 Å². The lowest BCUT2D eigenvalue weighted by molar-refractivity contribution is -0.127. The van der Waals surface area contributed by atoms with E-state index in [4.69, 9.17) is 4.74 Å². The van der Waals surface area contributed by atoms with Crippen molar-refractivity contribution in [3.8, 4) is 0 Å². The summed E-state index contributed by atoms with van der Waals surface area (Å²) in [5, 5.41) is 6.65. The number of aliphatic imine (C=N–C) groups is 1. The van der Waals surface area contributed by atoms with Gasteiger partial charge >= 0.3 is 0 Å². The van der Waals surface area contributed by atoms with Gasteiger partial charge in [-0.3, -0.25) is 14.5 Å². The second-order valence-corrected chi connectivity index (χ2v) is 8.26. The van der Waals surface area contributed by atoms with Gasteiger partial charge in [-0.05, 0) is 37.1 Å². The zero-order chi connectivity index (χ0) is 23.3. The Labute approximate surface area is 191 Å². The first-order valence-corrected chi connectivity index (χ1v) is 11.2. The molecule has 9 nitrogen and oxygen atoms in total. The molecule has 0 spiro atoms. The molecule has 2 rings (SSSR count). The van der Waals surface area contributed by atoms with Crippen LogP contribution in [0.2, 0.25) is 0 Å². The first-order chi connectivity index (χ1) is 15.4. The van der Waals surface area contributed by atoms with Crippen molar-refractivity contribution in [3.05, 3.63) is 35.4 Å². The standard InChI is InChI=1S/C23H38N6O3/c1-27(2)21(30)18-26-23(24-10-6-12-29-13-15-32-16-14-29)25-11-9-19-7-5-8-20(17-19)22(31)28(3)4/h5,7-8,17H,6,9-16,18H2,1-4H3,(H2,24,25,26). The average Bonchev–Trinajstić information content (AvgIpc) is 2.79. The third kappa shape index (κ3) is 9.23. The quantitative estimate of drug-likeness (QED) is 0.305. The molecule has 1 saturated heterocycles. The minimum absolute atomic E-state index is 0.00815. The lowest BCUT2D eigenvalue weighted by Crippen LogP contribution is -2.41. The minimum Gasteiger partial charge on any atom is -0.379 e. The molecular weight excluding hydrogens is 408 g/mol. The van der Waals surface area contributed by atoms with Gasteiger partial charge in [0.2, 0.25) is 5.91 Å². The fraction of sp³-hybridized carbons (Fsp3) is 0.609. The Hall–Kier alpha value is -2.65. The predicted molar refractivity (Wildman–Crippen MR) is 127 cm³/mol. The SMILES string of the molecule is CN(C)C(=O)CN=C(NCCCN1CCOCC1)NCCc1cccc(C(=O)N(C)C)c1. The molecule has 1 aliphatic heterocycles. The van der Waals surface area contributed by atoms with Crippen LogP contribution in [0.3, 0.4) is 0 Å². The van der Waals surface area contributed by atoms with E-state index in [1.165, 1.54) is 4.90 Å². The molecule has 1 aromatic rings. The van der Waals surface area contributed by atoms with Crippen LogP contribution >= 0.6 is 0 Å². The first-order valence-electron chi connectivity index (χ1n) is 11.2. The van der Waals surface area contributed by atoms with Gasteiger partial charge in [0.1, 0.15) is 6.54 Å². The maximum atomic E-state index is 12.2. The van der Waals surface area contributed by atoms with Gasteiger partial charge in [0, 0.05) is 59.9 Å². The summed E-state index contributed by atoms with van der Waals surface area (Å²) in [5.41, 5.74) is 1.75. The van der Waals surface area contributed by atoms with Crippen LogP contribution in [0.4, 0.5) is 0 Å². The number of rotatable bonds is 10. The fourth-order valence-electron chi connectivity index (χ4n) is 3.24. The van der Waals surface area contributed by atoms with Gasteiger partial charge in [-0.25, -0.2) is 4.99 Å². The Bertz CT molecular complexity index is 760. The Morgan fingerprint density at radius 1 is 1.06 bits per heavy atom. The Kier molecular flexibility index (Phi) is 11.0. The lowest BCUT2D eigenvalue weighted by atomic mass is 10.1. The summed E-state index contributed by atoms with van der Waals surface area (Å²) in [4.78, 5) is 34.1. The first kappa shape index (κ1) is 25.6. The molecule has 0 atom stereocenters. The molecular formula is C23H38N6O3. The molecule has 32 heavy (non-hydrogen) atoms. The molecule has 0 aliphatic carbocycles. The molecule has 0 saturated carbocycles. The maximum absolute atomic E-state index is 12.2. The van der Waals surface area contributed by atoms with Gasteiger partial charge in [-0.1, -0.05) is 12.1 Å². The molecule has 178 valence electrons. The number of amides is 2. The van der Waals surface area contributed by atoms with Crippen molar-refractivity contribution >= 4 is 17.8 Å². The predicted octanol–water partition coefficient (Wildman–Crippen LogP) is 0.277. The number of morpholine rings is 1. The molecule has 0 bridgehead atoms. The normalized spacial score (nSPS) is 14.7. The highest BCUT2D eigenvalue weighted by atomic mass is 16.5. The molecule has 0 unspecified atom stereocenters. The highest BCUT2D eigenvalue weighted by molar-refractivity contribution is 5.94. The zero-order valence-corrected chi connectivity index (χ0v) is 19.9. The number of hydrogen-bond acceptors (Lipinski definition) is 5. The summed E-state index contributed by atoms with van der Waals surface area (Å²) in [6.45, 7) is 6.08. The largest absolute Gasteiger partial charge is 0.379 e. The number of hydrogen-bond donors (Lipinski definition) is 2. The number of likely N-dealkylation sites (N-methyl/N-ethyl adjacent to an activating group) is 1. The summed E-state index contributed by atoms with van der Waals surface area (Å²) in [6, 6.07) is 7.66. The second-order valence-electron chi connectivity index (χ2n) is 8.26. The summed E-state index contributed by atoms with van der Waals surface area (Å²) in [7, 11) is 6.95. The van der Waals surface area contributed by atoms with E-state index in [9.17, 15) is 9.59 Å². The van der Waals surface area contributed by atoms with Crippen LogP contribution in [0.5, 0.6) is 0 Å². The molecule has 2 amide bonds. The van der Waals surface area contributed by atoms with E-state index in [2.05, 4.69) is 20.5 Å². The summed E-state index contributed by atoms with van der Waals surface area (Å²) >= 11 is 0. The Morgan fingerprint density at radius 3 is 2.47 bits per heavy atom. The topological polar surface area (TPSA) is 89.5 Å². The van der Waals surface area contributed by atoms with Crippen molar-refractivity contribution in [1.29, 1.82) is 0 Å². The summed E-state index contributed by atoms with van der Waals surface area (Å²) in [6.07, 6.45) is 1.72. The van der Waals surface area contributed by atoms with Crippen molar-refractivity contribution in [2.45, 2.75) is 12.8 Å². The van der Waals surface area contributed by atoms with E-state index in [0.29, 0.717) is 18.1 Å². The van der Waals surface area contributed by atoms with Crippen LogP contribution in [0, 0.1) is 0 Å². The molecule has 1 heterocycles. The maximum Gasteiger partial charge on any atom is 0.253 e. The van der Waals surface area contributed by atoms with Crippen molar-refractivity contribution in [2.24, 2.45) is 4.99 Å². The smallest absolute Gasteiger partial charge is 0.253 e. The minimum atomic E-state index is -0.0469. The van der Waals surface area contributed by atoms with E-state index < -0.39 is 0 Å². The number of benzene rings is 1. The number of nitrogens with zero attached hydrogens (tertiary/aromatic N) is 4. The third-order valence-electron chi connectivity index (χ3n) is 5.20. The molecule has 9 heteroatoms. The fourth-order valence-corrected chi connectivity index (χ4v) is 3.24. The number of nitrogens with one attached hydrogen (secondary N) is 2. The molecule has 0 radical (unpaired) electrons. The second kappa shape index (κ2) is 13.7. The van der Waals surface area contributed by atoms with Gasteiger partial charge in [-0.15, -0.1) is 0 Å². The van der Waals surface area contributed by atoms with Crippen molar-refractivity contribution in [3.63, 3.8) is 0 Å². The molecule has 1 aliphatic rings. The van der Waals surface area contributed by atoms with Gasteiger partial charge in [0.15, 0.2) is 5.96 Å². The zero-order valence-electron chi connectivity index (χ0n) is 19.9. The van der Waals surface area contributed by atoms with E-state index in [1.54, 1.807) is 33.1 Å². The van der Waals surface area contributed by atoms with Crippen LogP contribution < -0.4 is 10.6 Å². The number of carbonyl (C=O) groups is 2. The van der Waals surface area contributed by atoms with Crippen LogP contribution in [0.15, 0.2) is 29.3 Å². The third-order valence-corrected chi connectivity index (χ3v) is 5.20. The molecule has 1 fully saturated rings. The van der Waals surface area contributed by atoms with Gasteiger partial charge in [0.05, 0.1) is 13.2 Å². The molecule has 0 aromatic heterocycles. The average molecular weight is 447 g/mol. The summed E-state index contributed by atoms with van der Waals surface area (Å²) in [5.74, 6) is 0.572. The van der Waals surface area contributed by atoms with E-state index in [0.717, 1.165) is 57.8 Å². The highest BCUT2D eigenvalue weighted by Gasteiger charge is 2.11. The van der Waals surface area contributed by atoms with Gasteiger partial charge in [-0.2, -0.15) is 0 Å². The Balaban J connectivity index is 1.85. The number of ether oxygens (including phenoxy) is 1. The van der Waals surface area contributed by atoms with Crippen molar-refractivity contribution in [1.82, 2.24) is 25.3 Å². The van der Waals surface area contributed by atoms with Crippen LogP contribution in [-0.4, -0.2) is 113 Å². The number of carbonyl (C=O) groups excluding carboxylic acids is 2. The monoisotopic (exact) mass is 446 g/mol. The van der Waals surface area contributed by atoms with E-state index in [1.807, 2.05) is 24.3 Å². The van der Waals surface area contributed by atoms with E-state index >= 15 is 0 Å².